The van der Waals surface area contributed by atoms with Gasteiger partial charge in [0.05, 0.1) is 5.56 Å². The molecule has 0 radical (unpaired) electrons. The zero-order chi connectivity index (χ0) is 14.2. The second kappa shape index (κ2) is 5.53. The topological polar surface area (TPSA) is 54.9 Å². The molecule has 106 valence electrons. The SMILES string of the molecule is CCC(CC1CC1)n1c(=O)[nH]c(Cl)c(C(C)C)c1=O. The molecule has 1 saturated carbocycles. The van der Waals surface area contributed by atoms with E-state index in [1.54, 1.807) is 0 Å². The summed E-state index contributed by atoms with van der Waals surface area (Å²) in [5, 5.41) is 0.183. The second-order valence-corrected chi connectivity index (χ2v) is 6.11. The van der Waals surface area contributed by atoms with Crippen molar-refractivity contribution in [3.63, 3.8) is 0 Å². The number of nitrogens with zero attached hydrogens (tertiary/aromatic N) is 1. The monoisotopic (exact) mass is 284 g/mol. The van der Waals surface area contributed by atoms with Crippen LogP contribution in [-0.4, -0.2) is 9.55 Å². The van der Waals surface area contributed by atoms with Gasteiger partial charge in [0.2, 0.25) is 0 Å². The van der Waals surface area contributed by atoms with E-state index >= 15 is 0 Å². The molecule has 0 bridgehead atoms. The van der Waals surface area contributed by atoms with E-state index in [9.17, 15) is 9.59 Å². The van der Waals surface area contributed by atoms with Crippen molar-refractivity contribution in [2.24, 2.45) is 5.92 Å². The van der Waals surface area contributed by atoms with Crippen molar-refractivity contribution in [3.8, 4) is 0 Å². The number of aromatic nitrogens is 2. The van der Waals surface area contributed by atoms with Crippen LogP contribution in [-0.2, 0) is 0 Å². The van der Waals surface area contributed by atoms with Crippen LogP contribution in [0.1, 0.15) is 64.0 Å². The van der Waals surface area contributed by atoms with Gasteiger partial charge in [-0.05, 0) is 24.7 Å². The minimum atomic E-state index is -0.382. The summed E-state index contributed by atoms with van der Waals surface area (Å²) < 4.78 is 1.37. The Bertz CT molecular complexity index is 570. The van der Waals surface area contributed by atoms with E-state index in [2.05, 4.69) is 4.98 Å². The normalized spacial score (nSPS) is 16.9. The lowest BCUT2D eigenvalue weighted by Crippen LogP contribution is -2.40. The summed E-state index contributed by atoms with van der Waals surface area (Å²) in [5.41, 5.74) is -0.0985. The maximum Gasteiger partial charge on any atom is 0.329 e. The molecule has 1 aliphatic rings. The Morgan fingerprint density at radius 3 is 2.47 bits per heavy atom. The number of hydrogen-bond acceptors (Lipinski definition) is 2. The van der Waals surface area contributed by atoms with Crippen molar-refractivity contribution in [1.29, 1.82) is 0 Å². The minimum Gasteiger partial charge on any atom is -0.297 e. The van der Waals surface area contributed by atoms with Crippen LogP contribution < -0.4 is 11.2 Å². The van der Waals surface area contributed by atoms with Crippen molar-refractivity contribution in [3.05, 3.63) is 31.6 Å². The van der Waals surface area contributed by atoms with Crippen LogP contribution in [0.15, 0.2) is 9.59 Å². The van der Waals surface area contributed by atoms with Gasteiger partial charge in [-0.1, -0.05) is 45.2 Å². The third-order valence-corrected chi connectivity index (χ3v) is 4.14. The number of halogens is 1. The summed E-state index contributed by atoms with van der Waals surface area (Å²) in [7, 11) is 0. The predicted molar refractivity (Wildman–Crippen MR) is 77.1 cm³/mol. The van der Waals surface area contributed by atoms with Gasteiger partial charge in [0.25, 0.3) is 5.56 Å². The van der Waals surface area contributed by atoms with Crippen molar-refractivity contribution in [1.82, 2.24) is 9.55 Å². The van der Waals surface area contributed by atoms with Gasteiger partial charge in [0.15, 0.2) is 0 Å². The first-order valence-electron chi connectivity index (χ1n) is 6.99. The summed E-state index contributed by atoms with van der Waals surface area (Å²) in [5.74, 6) is 0.677. The van der Waals surface area contributed by atoms with Gasteiger partial charge in [-0.3, -0.25) is 14.3 Å². The molecule has 0 saturated heterocycles. The van der Waals surface area contributed by atoms with Crippen LogP contribution in [0.5, 0.6) is 0 Å². The maximum absolute atomic E-state index is 12.5. The Balaban J connectivity index is 2.51. The molecule has 1 N–H and O–H groups in total. The summed E-state index contributed by atoms with van der Waals surface area (Å²) in [6.07, 6.45) is 4.14. The minimum absolute atomic E-state index is 0.00142. The van der Waals surface area contributed by atoms with Crippen molar-refractivity contribution in [2.75, 3.05) is 0 Å². The first kappa shape index (κ1) is 14.4. The maximum atomic E-state index is 12.5. The fraction of sp³-hybridized carbons (Fsp3) is 0.714. The van der Waals surface area contributed by atoms with Crippen LogP contribution >= 0.6 is 11.6 Å². The summed E-state index contributed by atoms with van der Waals surface area (Å²) >= 11 is 6.00. The third kappa shape index (κ3) is 2.94. The number of nitrogens with one attached hydrogen (secondary N) is 1. The van der Waals surface area contributed by atoms with E-state index < -0.39 is 0 Å². The summed E-state index contributed by atoms with van der Waals surface area (Å²) in [6, 6.07) is -0.0153. The molecule has 1 atom stereocenters. The largest absolute Gasteiger partial charge is 0.329 e. The van der Waals surface area contributed by atoms with E-state index in [0.29, 0.717) is 11.5 Å². The highest BCUT2D eigenvalue weighted by Crippen LogP contribution is 2.37. The smallest absolute Gasteiger partial charge is 0.297 e. The molecule has 2 rings (SSSR count). The molecule has 1 fully saturated rings. The molecule has 1 aliphatic carbocycles. The summed E-state index contributed by atoms with van der Waals surface area (Å²) in [4.78, 5) is 27.2. The Morgan fingerprint density at radius 1 is 1.37 bits per heavy atom. The number of aromatic amines is 1. The van der Waals surface area contributed by atoms with Crippen molar-refractivity contribution >= 4 is 11.6 Å². The Labute approximate surface area is 117 Å². The Hall–Kier alpha value is -1.03. The Kier molecular flexibility index (Phi) is 4.19. The fourth-order valence-electron chi connectivity index (χ4n) is 2.56. The van der Waals surface area contributed by atoms with Crippen molar-refractivity contribution in [2.45, 2.75) is 58.4 Å². The molecule has 0 amide bonds. The van der Waals surface area contributed by atoms with Crippen LogP contribution in [0.2, 0.25) is 5.15 Å². The molecular formula is C14H21ClN2O2. The van der Waals surface area contributed by atoms with Crippen LogP contribution in [0.25, 0.3) is 0 Å². The Morgan fingerprint density at radius 2 is 2.00 bits per heavy atom. The molecule has 0 spiro atoms. The van der Waals surface area contributed by atoms with E-state index in [1.165, 1.54) is 17.4 Å². The molecule has 0 aromatic carbocycles. The standard InChI is InChI=1S/C14H21ClN2O2/c1-4-10(7-9-5-6-9)17-13(18)11(8(2)3)12(15)16-14(17)19/h8-10H,4-7H2,1-3H3,(H,16,19). The van der Waals surface area contributed by atoms with Gasteiger partial charge in [-0.25, -0.2) is 4.79 Å². The highest BCUT2D eigenvalue weighted by Gasteiger charge is 2.28. The van der Waals surface area contributed by atoms with E-state index in [0.717, 1.165) is 12.8 Å². The average Bonchev–Trinajstić information content (AvgIpc) is 3.10. The van der Waals surface area contributed by atoms with Gasteiger partial charge in [-0.2, -0.15) is 0 Å². The average molecular weight is 285 g/mol. The first-order chi connectivity index (χ1) is 8.95. The second-order valence-electron chi connectivity index (χ2n) is 5.73. The predicted octanol–water partition coefficient (Wildman–Crippen LogP) is 3.06. The first-order valence-corrected chi connectivity index (χ1v) is 7.37. The van der Waals surface area contributed by atoms with Crippen LogP contribution in [0, 0.1) is 5.92 Å². The molecule has 5 heteroatoms. The highest BCUT2D eigenvalue weighted by molar-refractivity contribution is 6.30. The van der Waals surface area contributed by atoms with Crippen LogP contribution in [0.4, 0.5) is 0 Å². The van der Waals surface area contributed by atoms with E-state index in [1.807, 2.05) is 20.8 Å². The molecular weight excluding hydrogens is 264 g/mol. The van der Waals surface area contributed by atoms with Gasteiger partial charge in [0.1, 0.15) is 5.15 Å². The molecule has 1 aromatic rings. The van der Waals surface area contributed by atoms with Gasteiger partial charge >= 0.3 is 5.69 Å². The van der Waals surface area contributed by atoms with Gasteiger partial charge in [0, 0.05) is 6.04 Å². The number of H-pyrrole nitrogens is 1. The third-order valence-electron chi connectivity index (χ3n) is 3.84. The van der Waals surface area contributed by atoms with Crippen LogP contribution in [0.3, 0.4) is 0 Å². The van der Waals surface area contributed by atoms with E-state index in [-0.39, 0.29) is 28.4 Å². The molecule has 1 unspecified atom stereocenters. The van der Waals surface area contributed by atoms with Gasteiger partial charge in [-0.15, -0.1) is 0 Å². The molecule has 1 aromatic heterocycles. The summed E-state index contributed by atoms with van der Waals surface area (Å²) in [6.45, 7) is 5.84. The number of rotatable bonds is 5. The highest BCUT2D eigenvalue weighted by atomic mass is 35.5. The quantitative estimate of drug-likeness (QED) is 0.845. The fourth-order valence-corrected chi connectivity index (χ4v) is 2.94. The van der Waals surface area contributed by atoms with E-state index in [4.69, 9.17) is 11.6 Å². The lowest BCUT2D eigenvalue weighted by atomic mass is 10.0. The molecule has 0 aliphatic heterocycles. The van der Waals surface area contributed by atoms with Gasteiger partial charge < -0.3 is 0 Å². The molecule has 1 heterocycles. The van der Waals surface area contributed by atoms with Crippen molar-refractivity contribution < 1.29 is 0 Å². The molecule has 4 nitrogen and oxygen atoms in total. The zero-order valence-electron chi connectivity index (χ0n) is 11.7. The zero-order valence-corrected chi connectivity index (χ0v) is 12.5. The lowest BCUT2D eigenvalue weighted by molar-refractivity contribution is 0.399. The molecule has 19 heavy (non-hydrogen) atoms. The lowest BCUT2D eigenvalue weighted by Gasteiger charge is -2.19. The number of hydrogen-bond donors (Lipinski definition) is 1.